The first-order chi connectivity index (χ1) is 10.3. The summed E-state index contributed by atoms with van der Waals surface area (Å²) in [6.07, 6.45) is 3.96. The molecule has 0 amide bonds. The maximum atomic E-state index is 4.64. The van der Waals surface area contributed by atoms with Gasteiger partial charge < -0.3 is 0 Å². The minimum Gasteiger partial charge on any atom is -0.263 e. The van der Waals surface area contributed by atoms with Gasteiger partial charge in [0.2, 0.25) is 0 Å². The van der Waals surface area contributed by atoms with Gasteiger partial charge in [0.05, 0.1) is 23.6 Å². The van der Waals surface area contributed by atoms with E-state index in [1.807, 2.05) is 29.1 Å². The van der Waals surface area contributed by atoms with E-state index in [2.05, 4.69) is 53.0 Å². The minimum absolute atomic E-state index is 0.725. The molecule has 0 saturated heterocycles. The Balaban J connectivity index is 1.83. The number of aromatic nitrogens is 4. The lowest BCUT2D eigenvalue weighted by atomic mass is 10.2. The second-order valence-corrected chi connectivity index (χ2v) is 5.08. The molecule has 0 aliphatic carbocycles. The van der Waals surface area contributed by atoms with Crippen molar-refractivity contribution >= 4 is 0 Å². The Morgan fingerprint density at radius 3 is 2.43 bits per heavy atom. The first-order valence-electron chi connectivity index (χ1n) is 7.45. The van der Waals surface area contributed by atoms with E-state index < -0.39 is 0 Å². The maximum Gasteiger partial charge on any atom is 0.0853 e. The molecule has 4 heteroatoms. The lowest BCUT2D eigenvalue weighted by molar-refractivity contribution is 0.623. The predicted octanol–water partition coefficient (Wildman–Crippen LogP) is 3.24. The summed E-state index contributed by atoms with van der Waals surface area (Å²) in [5, 5.41) is 9.29. The van der Waals surface area contributed by atoms with Crippen LogP contribution in [-0.2, 0) is 19.4 Å². The maximum absolute atomic E-state index is 4.64. The summed E-state index contributed by atoms with van der Waals surface area (Å²) in [6.45, 7) is 5.02. The molecular formula is C17H20N4. The Kier molecular flexibility index (Phi) is 3.86. The largest absolute Gasteiger partial charge is 0.263 e. The van der Waals surface area contributed by atoms with Gasteiger partial charge in [0.15, 0.2) is 0 Å². The highest BCUT2D eigenvalue weighted by Crippen LogP contribution is 2.11. The summed E-state index contributed by atoms with van der Waals surface area (Å²) in [5.41, 5.74) is 4.52. The Morgan fingerprint density at radius 1 is 0.905 bits per heavy atom. The highest BCUT2D eigenvalue weighted by molar-refractivity contribution is 5.30. The zero-order chi connectivity index (χ0) is 14.7. The SMILES string of the molecule is CCc1cc(CC)n(Cc2ccn(-c3ccccc3)n2)n1. The number of benzene rings is 1. The molecule has 3 rings (SSSR count). The monoisotopic (exact) mass is 280 g/mol. The number of aryl methyl sites for hydroxylation is 2. The van der Waals surface area contributed by atoms with Crippen LogP contribution < -0.4 is 0 Å². The van der Waals surface area contributed by atoms with Crippen molar-refractivity contribution in [2.75, 3.05) is 0 Å². The molecule has 0 unspecified atom stereocenters. The molecule has 1 aromatic carbocycles. The molecule has 0 aliphatic rings. The van der Waals surface area contributed by atoms with Gasteiger partial charge in [-0.05, 0) is 37.1 Å². The van der Waals surface area contributed by atoms with Crippen LogP contribution in [0.4, 0.5) is 0 Å². The zero-order valence-corrected chi connectivity index (χ0v) is 12.5. The molecule has 2 heterocycles. The lowest BCUT2D eigenvalue weighted by Gasteiger charge is -2.04. The van der Waals surface area contributed by atoms with Gasteiger partial charge in [-0.1, -0.05) is 32.0 Å². The smallest absolute Gasteiger partial charge is 0.0853 e. The summed E-state index contributed by atoms with van der Waals surface area (Å²) in [5.74, 6) is 0. The number of hydrogen-bond acceptors (Lipinski definition) is 2. The van der Waals surface area contributed by atoms with Crippen molar-refractivity contribution in [3.05, 3.63) is 65.7 Å². The van der Waals surface area contributed by atoms with Crippen LogP contribution in [0.1, 0.15) is 30.9 Å². The lowest BCUT2D eigenvalue weighted by Crippen LogP contribution is -2.07. The Morgan fingerprint density at radius 2 is 1.71 bits per heavy atom. The van der Waals surface area contributed by atoms with E-state index >= 15 is 0 Å². The average Bonchev–Trinajstić information content (AvgIpc) is 3.15. The van der Waals surface area contributed by atoms with E-state index in [-0.39, 0.29) is 0 Å². The van der Waals surface area contributed by atoms with Crippen molar-refractivity contribution < 1.29 is 0 Å². The molecule has 0 aliphatic heterocycles. The van der Waals surface area contributed by atoms with Crippen LogP contribution >= 0.6 is 0 Å². The molecule has 4 nitrogen and oxygen atoms in total. The Bertz CT molecular complexity index is 709. The van der Waals surface area contributed by atoms with Gasteiger partial charge in [0.25, 0.3) is 0 Å². The van der Waals surface area contributed by atoms with Crippen LogP contribution in [0.25, 0.3) is 5.69 Å². The van der Waals surface area contributed by atoms with Crippen LogP contribution in [0.3, 0.4) is 0 Å². The van der Waals surface area contributed by atoms with Crippen LogP contribution in [0.5, 0.6) is 0 Å². The summed E-state index contributed by atoms with van der Waals surface area (Å²) < 4.78 is 3.97. The van der Waals surface area contributed by atoms with Crippen LogP contribution in [-0.4, -0.2) is 19.6 Å². The van der Waals surface area contributed by atoms with Crippen molar-refractivity contribution in [2.24, 2.45) is 0 Å². The van der Waals surface area contributed by atoms with E-state index in [0.29, 0.717) is 0 Å². The molecule has 108 valence electrons. The standard InChI is InChI=1S/C17H20N4/c1-3-14-12-16(4-2)21(18-14)13-15-10-11-20(19-15)17-8-6-5-7-9-17/h5-12H,3-4,13H2,1-2H3. The third-order valence-electron chi connectivity index (χ3n) is 3.62. The Labute approximate surface area is 125 Å². The first kappa shape index (κ1) is 13.6. The molecule has 2 aromatic heterocycles. The van der Waals surface area contributed by atoms with E-state index in [0.717, 1.165) is 36.5 Å². The molecular weight excluding hydrogens is 260 g/mol. The van der Waals surface area contributed by atoms with E-state index in [1.54, 1.807) is 0 Å². The quantitative estimate of drug-likeness (QED) is 0.719. The van der Waals surface area contributed by atoms with Crippen molar-refractivity contribution in [3.63, 3.8) is 0 Å². The molecule has 3 aromatic rings. The molecule has 0 saturated carbocycles. The summed E-state index contributed by atoms with van der Waals surface area (Å²) in [6, 6.07) is 14.4. The van der Waals surface area contributed by atoms with Gasteiger partial charge in [-0.3, -0.25) is 4.68 Å². The van der Waals surface area contributed by atoms with E-state index in [4.69, 9.17) is 0 Å². The molecule has 0 bridgehead atoms. The van der Waals surface area contributed by atoms with Crippen LogP contribution in [0.2, 0.25) is 0 Å². The highest BCUT2D eigenvalue weighted by Gasteiger charge is 2.08. The first-order valence-corrected chi connectivity index (χ1v) is 7.45. The minimum atomic E-state index is 0.725. The van der Waals surface area contributed by atoms with Gasteiger partial charge in [-0.25, -0.2) is 4.68 Å². The van der Waals surface area contributed by atoms with Crippen molar-refractivity contribution in [2.45, 2.75) is 33.2 Å². The van der Waals surface area contributed by atoms with Gasteiger partial charge in [0.1, 0.15) is 0 Å². The van der Waals surface area contributed by atoms with Gasteiger partial charge in [-0.2, -0.15) is 10.2 Å². The normalized spacial score (nSPS) is 11.0. The zero-order valence-electron chi connectivity index (χ0n) is 12.5. The molecule has 0 atom stereocenters. The van der Waals surface area contributed by atoms with Crippen molar-refractivity contribution in [1.82, 2.24) is 19.6 Å². The molecule has 0 N–H and O–H groups in total. The van der Waals surface area contributed by atoms with E-state index in [9.17, 15) is 0 Å². The number of hydrogen-bond donors (Lipinski definition) is 0. The summed E-state index contributed by atoms with van der Waals surface area (Å²) >= 11 is 0. The second kappa shape index (κ2) is 5.95. The third-order valence-corrected chi connectivity index (χ3v) is 3.62. The molecule has 0 fully saturated rings. The molecule has 0 spiro atoms. The van der Waals surface area contributed by atoms with Crippen LogP contribution in [0, 0.1) is 0 Å². The predicted molar refractivity (Wildman–Crippen MR) is 83.6 cm³/mol. The summed E-state index contributed by atoms with van der Waals surface area (Å²) in [7, 11) is 0. The fraction of sp³-hybridized carbons (Fsp3) is 0.294. The second-order valence-electron chi connectivity index (χ2n) is 5.08. The highest BCUT2D eigenvalue weighted by atomic mass is 15.3. The third kappa shape index (κ3) is 2.89. The van der Waals surface area contributed by atoms with Crippen molar-refractivity contribution in [1.29, 1.82) is 0 Å². The fourth-order valence-corrected chi connectivity index (χ4v) is 2.43. The Hall–Kier alpha value is -2.36. The average molecular weight is 280 g/mol. The molecule has 0 radical (unpaired) electrons. The van der Waals surface area contributed by atoms with Gasteiger partial charge in [-0.15, -0.1) is 0 Å². The van der Waals surface area contributed by atoms with Crippen molar-refractivity contribution in [3.8, 4) is 5.69 Å². The van der Waals surface area contributed by atoms with Crippen LogP contribution in [0.15, 0.2) is 48.7 Å². The molecule has 21 heavy (non-hydrogen) atoms. The number of nitrogens with zero attached hydrogens (tertiary/aromatic N) is 4. The topological polar surface area (TPSA) is 35.6 Å². The number of para-hydroxylation sites is 1. The summed E-state index contributed by atoms with van der Waals surface area (Å²) in [4.78, 5) is 0. The van der Waals surface area contributed by atoms with E-state index in [1.165, 1.54) is 5.69 Å². The van der Waals surface area contributed by atoms with Gasteiger partial charge in [0, 0.05) is 11.9 Å². The fourth-order valence-electron chi connectivity index (χ4n) is 2.43. The van der Waals surface area contributed by atoms with Gasteiger partial charge >= 0.3 is 0 Å². The number of rotatable bonds is 5.